The van der Waals surface area contributed by atoms with E-state index in [2.05, 4.69) is 46.3 Å². The first-order valence-corrected chi connectivity index (χ1v) is 12.6. The number of hydrogen-bond donors (Lipinski definition) is 3. The van der Waals surface area contributed by atoms with Gasteiger partial charge in [0.05, 0.1) is 6.04 Å². The summed E-state index contributed by atoms with van der Waals surface area (Å²) in [6.45, 7) is 1.78. The quantitative estimate of drug-likeness (QED) is 0.336. The second-order valence-corrected chi connectivity index (χ2v) is 9.40. The Hall–Kier alpha value is -3.90. The number of fused-ring (bicyclic) bond motifs is 2. The monoisotopic (exact) mass is 481 g/mol. The van der Waals surface area contributed by atoms with Crippen LogP contribution in [0.1, 0.15) is 18.4 Å². The molecular formula is C30H31N3O3. The van der Waals surface area contributed by atoms with Crippen molar-refractivity contribution in [2.24, 2.45) is 5.92 Å². The van der Waals surface area contributed by atoms with E-state index in [0.717, 1.165) is 47.7 Å². The third-order valence-corrected chi connectivity index (χ3v) is 6.76. The van der Waals surface area contributed by atoms with Crippen molar-refractivity contribution in [3.05, 3.63) is 90.5 Å². The van der Waals surface area contributed by atoms with E-state index < -0.39 is 6.09 Å². The fourth-order valence-corrected chi connectivity index (χ4v) is 4.80. The van der Waals surface area contributed by atoms with E-state index in [4.69, 9.17) is 4.74 Å². The summed E-state index contributed by atoms with van der Waals surface area (Å²) >= 11 is 0. The standard InChI is InChI=1S/C30H31N3O3/c34-29(24-13-15-31-16-14-24)32-28(18-21-9-10-22-5-1-3-7-25(22)17-21)20-36-30(35)33-27-12-11-23-6-2-4-8-26(23)19-27/h1-12,17,19,24,28,31H,13-16,18,20H2,(H,32,34)(H,33,35). The van der Waals surface area contributed by atoms with Crippen molar-refractivity contribution in [3.63, 3.8) is 0 Å². The number of piperidine rings is 1. The molecule has 0 aromatic heterocycles. The van der Waals surface area contributed by atoms with Crippen molar-refractivity contribution in [3.8, 4) is 0 Å². The number of anilines is 1. The van der Waals surface area contributed by atoms with Gasteiger partial charge in [0.1, 0.15) is 6.61 Å². The maximum atomic E-state index is 13.0. The van der Waals surface area contributed by atoms with Crippen molar-refractivity contribution >= 4 is 39.2 Å². The minimum atomic E-state index is -0.537. The molecular weight excluding hydrogens is 450 g/mol. The van der Waals surface area contributed by atoms with Crippen LogP contribution in [0.25, 0.3) is 21.5 Å². The van der Waals surface area contributed by atoms with Crippen LogP contribution in [0.3, 0.4) is 0 Å². The highest BCUT2D eigenvalue weighted by molar-refractivity contribution is 5.91. The van der Waals surface area contributed by atoms with Gasteiger partial charge in [0.25, 0.3) is 0 Å². The molecule has 0 aliphatic carbocycles. The number of hydrogen-bond acceptors (Lipinski definition) is 4. The summed E-state index contributed by atoms with van der Waals surface area (Å²) in [5, 5.41) is 13.7. The van der Waals surface area contributed by atoms with Crippen LogP contribution >= 0.6 is 0 Å². The van der Waals surface area contributed by atoms with E-state index in [1.807, 2.05) is 54.6 Å². The van der Waals surface area contributed by atoms with Crippen LogP contribution < -0.4 is 16.0 Å². The summed E-state index contributed by atoms with van der Waals surface area (Å²) in [6, 6.07) is 27.9. The molecule has 184 valence electrons. The first-order valence-electron chi connectivity index (χ1n) is 12.6. The molecule has 1 heterocycles. The Labute approximate surface area is 211 Å². The first kappa shape index (κ1) is 23.8. The Morgan fingerprint density at radius 1 is 0.833 bits per heavy atom. The lowest BCUT2D eigenvalue weighted by Crippen LogP contribution is -2.45. The summed E-state index contributed by atoms with van der Waals surface area (Å²) in [4.78, 5) is 25.6. The molecule has 1 aliphatic heterocycles. The molecule has 0 saturated carbocycles. The minimum Gasteiger partial charge on any atom is -0.447 e. The van der Waals surface area contributed by atoms with Crippen LogP contribution in [-0.4, -0.2) is 37.7 Å². The number of carbonyl (C=O) groups excluding carboxylic acids is 2. The summed E-state index contributed by atoms with van der Waals surface area (Å²) in [6.07, 6.45) is 1.67. The Morgan fingerprint density at radius 3 is 2.19 bits per heavy atom. The minimum absolute atomic E-state index is 0.0169. The molecule has 0 bridgehead atoms. The van der Waals surface area contributed by atoms with Gasteiger partial charge in [0, 0.05) is 11.6 Å². The number of carbonyl (C=O) groups is 2. The Balaban J connectivity index is 1.25. The molecule has 3 N–H and O–H groups in total. The molecule has 1 fully saturated rings. The normalized spacial score (nSPS) is 14.9. The number of rotatable bonds is 7. The van der Waals surface area contributed by atoms with Crippen LogP contribution in [0.2, 0.25) is 0 Å². The molecule has 1 unspecified atom stereocenters. The second kappa shape index (κ2) is 11.2. The maximum Gasteiger partial charge on any atom is 0.411 e. The molecule has 2 amide bonds. The summed E-state index contributed by atoms with van der Waals surface area (Å²) in [5.74, 6) is 0.0117. The van der Waals surface area contributed by atoms with E-state index in [9.17, 15) is 9.59 Å². The summed E-state index contributed by atoms with van der Waals surface area (Å²) in [7, 11) is 0. The van der Waals surface area contributed by atoms with Gasteiger partial charge in [-0.1, -0.05) is 72.8 Å². The molecule has 36 heavy (non-hydrogen) atoms. The lowest BCUT2D eigenvalue weighted by molar-refractivity contribution is -0.126. The zero-order valence-corrected chi connectivity index (χ0v) is 20.2. The van der Waals surface area contributed by atoms with Crippen LogP contribution in [-0.2, 0) is 16.0 Å². The van der Waals surface area contributed by atoms with Crippen molar-refractivity contribution in [1.82, 2.24) is 10.6 Å². The van der Waals surface area contributed by atoms with Crippen molar-refractivity contribution in [2.75, 3.05) is 25.0 Å². The van der Waals surface area contributed by atoms with Crippen LogP contribution in [0.5, 0.6) is 0 Å². The smallest absolute Gasteiger partial charge is 0.411 e. The predicted octanol–water partition coefficient (Wildman–Crippen LogP) is 5.27. The molecule has 0 spiro atoms. The fourth-order valence-electron chi connectivity index (χ4n) is 4.80. The SMILES string of the molecule is O=C(Nc1ccc2ccccc2c1)OCC(Cc1ccc2ccccc2c1)NC(=O)C1CCNCC1. The second-order valence-electron chi connectivity index (χ2n) is 9.40. The molecule has 6 nitrogen and oxygen atoms in total. The highest BCUT2D eigenvalue weighted by atomic mass is 16.5. The Kier molecular flexibility index (Phi) is 7.43. The zero-order valence-electron chi connectivity index (χ0n) is 20.2. The van der Waals surface area contributed by atoms with Gasteiger partial charge in [-0.05, 0) is 71.6 Å². The zero-order chi connectivity index (χ0) is 24.7. The van der Waals surface area contributed by atoms with Crippen molar-refractivity contribution in [2.45, 2.75) is 25.3 Å². The molecule has 1 saturated heterocycles. The van der Waals surface area contributed by atoms with Crippen LogP contribution in [0.4, 0.5) is 10.5 Å². The van der Waals surface area contributed by atoms with E-state index in [0.29, 0.717) is 12.1 Å². The van der Waals surface area contributed by atoms with Gasteiger partial charge < -0.3 is 15.4 Å². The topological polar surface area (TPSA) is 79.5 Å². The number of nitrogens with one attached hydrogen (secondary N) is 3. The lowest BCUT2D eigenvalue weighted by Gasteiger charge is -2.25. The Bertz CT molecular complexity index is 1360. The highest BCUT2D eigenvalue weighted by Crippen LogP contribution is 2.20. The van der Waals surface area contributed by atoms with Gasteiger partial charge >= 0.3 is 6.09 Å². The van der Waals surface area contributed by atoms with Crippen LogP contribution in [0, 0.1) is 5.92 Å². The summed E-state index contributed by atoms with van der Waals surface area (Å²) < 4.78 is 5.59. The van der Waals surface area contributed by atoms with Crippen molar-refractivity contribution < 1.29 is 14.3 Å². The molecule has 4 aromatic rings. The first-order chi connectivity index (χ1) is 17.6. The largest absolute Gasteiger partial charge is 0.447 e. The number of ether oxygens (including phenoxy) is 1. The van der Waals surface area contributed by atoms with Gasteiger partial charge in [0.2, 0.25) is 5.91 Å². The van der Waals surface area contributed by atoms with Gasteiger partial charge in [-0.2, -0.15) is 0 Å². The van der Waals surface area contributed by atoms with Gasteiger partial charge in [0.15, 0.2) is 0 Å². The van der Waals surface area contributed by atoms with E-state index in [-0.39, 0.29) is 24.5 Å². The maximum absolute atomic E-state index is 13.0. The van der Waals surface area contributed by atoms with Gasteiger partial charge in [-0.3, -0.25) is 10.1 Å². The average molecular weight is 482 g/mol. The van der Waals surface area contributed by atoms with Gasteiger partial charge in [-0.25, -0.2) is 4.79 Å². The van der Waals surface area contributed by atoms with E-state index in [1.54, 1.807) is 0 Å². The number of amides is 2. The lowest BCUT2D eigenvalue weighted by atomic mass is 9.96. The third-order valence-electron chi connectivity index (χ3n) is 6.76. The predicted molar refractivity (Wildman–Crippen MR) is 144 cm³/mol. The van der Waals surface area contributed by atoms with Crippen LogP contribution in [0.15, 0.2) is 84.9 Å². The molecule has 1 atom stereocenters. The molecule has 1 aliphatic rings. The third kappa shape index (κ3) is 6.01. The molecule has 0 radical (unpaired) electrons. The van der Waals surface area contributed by atoms with Gasteiger partial charge in [-0.15, -0.1) is 0 Å². The van der Waals surface area contributed by atoms with E-state index in [1.165, 1.54) is 5.39 Å². The van der Waals surface area contributed by atoms with E-state index >= 15 is 0 Å². The highest BCUT2D eigenvalue weighted by Gasteiger charge is 2.24. The summed E-state index contributed by atoms with van der Waals surface area (Å²) in [5.41, 5.74) is 1.76. The number of benzene rings is 4. The molecule has 4 aromatic carbocycles. The Morgan fingerprint density at radius 2 is 1.47 bits per heavy atom. The average Bonchev–Trinajstić information content (AvgIpc) is 2.92. The van der Waals surface area contributed by atoms with Crippen molar-refractivity contribution in [1.29, 1.82) is 0 Å². The molecule has 6 heteroatoms. The molecule has 5 rings (SSSR count). The fraction of sp³-hybridized carbons (Fsp3) is 0.267.